The van der Waals surface area contributed by atoms with Crippen LogP contribution >= 0.6 is 0 Å². The minimum absolute atomic E-state index is 0.0469. The van der Waals surface area contributed by atoms with Gasteiger partial charge in [0.05, 0.1) is 18.2 Å². The number of ketones is 1. The van der Waals surface area contributed by atoms with Crippen LogP contribution in [0.15, 0.2) is 78.4 Å². The molecule has 1 fully saturated rings. The summed E-state index contributed by atoms with van der Waals surface area (Å²) in [5.41, 5.74) is 3.17. The first-order chi connectivity index (χ1) is 18.0. The molecule has 2 aliphatic rings. The molecule has 1 amide bonds. The summed E-state index contributed by atoms with van der Waals surface area (Å²) in [6, 6.07) is 21.6. The van der Waals surface area contributed by atoms with E-state index in [1.165, 1.54) is 12.0 Å². The van der Waals surface area contributed by atoms with Crippen molar-refractivity contribution in [1.29, 1.82) is 0 Å². The van der Waals surface area contributed by atoms with Crippen molar-refractivity contribution in [3.63, 3.8) is 0 Å². The molecule has 0 aliphatic carbocycles. The van der Waals surface area contributed by atoms with Crippen molar-refractivity contribution >= 4 is 17.4 Å². The van der Waals surface area contributed by atoms with E-state index in [4.69, 9.17) is 14.2 Å². The number of carbonyl (C=O) groups is 2. The Morgan fingerprint density at radius 3 is 2.65 bits per heavy atom. The Morgan fingerprint density at radius 1 is 1.05 bits per heavy atom. The third-order valence-electron chi connectivity index (χ3n) is 6.67. The van der Waals surface area contributed by atoms with Crippen LogP contribution < -0.4 is 9.47 Å². The summed E-state index contributed by atoms with van der Waals surface area (Å²) in [6.07, 6.45) is 0.758. The molecule has 2 aliphatic heterocycles. The number of methoxy groups -OCH3 is 1. The Balaban J connectivity index is 1.53. The number of fused-ring (bicyclic) bond motifs is 1. The van der Waals surface area contributed by atoms with Crippen molar-refractivity contribution in [2.45, 2.75) is 32.1 Å². The van der Waals surface area contributed by atoms with Gasteiger partial charge in [-0.2, -0.15) is 0 Å². The van der Waals surface area contributed by atoms with Gasteiger partial charge in [-0.3, -0.25) is 9.59 Å². The fourth-order valence-corrected chi connectivity index (χ4v) is 4.89. The largest absolute Gasteiger partial charge is 0.507 e. The number of likely N-dealkylation sites (tertiary alicyclic amines) is 1. The number of amides is 1. The van der Waals surface area contributed by atoms with E-state index in [0.717, 1.165) is 16.9 Å². The van der Waals surface area contributed by atoms with Crippen LogP contribution in [0.4, 0.5) is 0 Å². The molecule has 37 heavy (non-hydrogen) atoms. The molecular formula is C30H29NO6. The smallest absolute Gasteiger partial charge is 0.295 e. The molecule has 0 aromatic heterocycles. The molecule has 7 nitrogen and oxygen atoms in total. The lowest BCUT2D eigenvalue weighted by Crippen LogP contribution is -2.32. The predicted molar refractivity (Wildman–Crippen MR) is 138 cm³/mol. The SMILES string of the molecule is COCCN1C(=O)C(=O)/C(=C(/O)c2ccc3c(c2)C[C@H](C)O3)[C@@H]1c1cccc(OCc2ccccc2)c1. The number of Topliss-reactive ketones (excluding diaryl/α,β-unsaturated/α-hetero) is 1. The quantitative estimate of drug-likeness (QED) is 0.276. The summed E-state index contributed by atoms with van der Waals surface area (Å²) in [5, 5.41) is 11.4. The van der Waals surface area contributed by atoms with Gasteiger partial charge in [-0.25, -0.2) is 0 Å². The number of benzene rings is 3. The zero-order valence-electron chi connectivity index (χ0n) is 20.8. The second-order valence-corrected chi connectivity index (χ2v) is 9.29. The fourth-order valence-electron chi connectivity index (χ4n) is 4.89. The van der Waals surface area contributed by atoms with E-state index in [1.54, 1.807) is 12.1 Å². The second-order valence-electron chi connectivity index (χ2n) is 9.29. The van der Waals surface area contributed by atoms with Crippen LogP contribution in [0.5, 0.6) is 11.5 Å². The van der Waals surface area contributed by atoms with E-state index in [0.29, 0.717) is 29.9 Å². The van der Waals surface area contributed by atoms with Crippen LogP contribution in [0.2, 0.25) is 0 Å². The van der Waals surface area contributed by atoms with Gasteiger partial charge in [-0.15, -0.1) is 0 Å². The highest BCUT2D eigenvalue weighted by Crippen LogP contribution is 2.41. The average molecular weight is 500 g/mol. The molecular weight excluding hydrogens is 470 g/mol. The maximum Gasteiger partial charge on any atom is 0.295 e. The molecule has 0 spiro atoms. The van der Waals surface area contributed by atoms with Gasteiger partial charge < -0.3 is 24.2 Å². The number of carbonyl (C=O) groups excluding carboxylic acids is 2. The molecule has 2 heterocycles. The van der Waals surface area contributed by atoms with Crippen LogP contribution in [0.25, 0.3) is 5.76 Å². The Labute approximate surface area is 215 Å². The van der Waals surface area contributed by atoms with Gasteiger partial charge in [0.1, 0.15) is 30.0 Å². The zero-order valence-corrected chi connectivity index (χ0v) is 20.8. The normalized spacial score (nSPS) is 20.1. The Hall–Kier alpha value is -4.10. The van der Waals surface area contributed by atoms with Gasteiger partial charge in [0.2, 0.25) is 0 Å². The first-order valence-corrected chi connectivity index (χ1v) is 12.3. The van der Waals surface area contributed by atoms with Crippen LogP contribution in [-0.4, -0.2) is 48.1 Å². The van der Waals surface area contributed by atoms with E-state index in [1.807, 2.05) is 67.6 Å². The van der Waals surface area contributed by atoms with E-state index < -0.39 is 17.7 Å². The standard InChI is InChI=1S/C30H29NO6/c1-19-15-23-16-22(11-12-25(23)37-19)28(32)26-27(31(13-14-35-2)30(34)29(26)33)21-9-6-10-24(17-21)36-18-20-7-4-3-5-8-20/h3-12,16-17,19,27,32H,13-15,18H2,1-2H3/b28-26+/t19-,27-/m0/s1. The Kier molecular flexibility index (Phi) is 6.97. The van der Waals surface area contributed by atoms with Crippen molar-refractivity contribution in [3.05, 3.63) is 101 Å². The third kappa shape index (κ3) is 4.95. The van der Waals surface area contributed by atoms with Gasteiger partial charge in [0.15, 0.2) is 0 Å². The maximum absolute atomic E-state index is 13.3. The third-order valence-corrected chi connectivity index (χ3v) is 6.67. The number of hydrogen-bond acceptors (Lipinski definition) is 6. The molecule has 2 atom stereocenters. The highest BCUT2D eigenvalue weighted by molar-refractivity contribution is 6.46. The highest BCUT2D eigenvalue weighted by Gasteiger charge is 2.46. The number of hydrogen-bond donors (Lipinski definition) is 1. The van der Waals surface area contributed by atoms with E-state index in [9.17, 15) is 14.7 Å². The summed E-state index contributed by atoms with van der Waals surface area (Å²) in [6.45, 7) is 2.81. The first-order valence-electron chi connectivity index (χ1n) is 12.3. The summed E-state index contributed by atoms with van der Waals surface area (Å²) >= 11 is 0. The predicted octanol–water partition coefficient (Wildman–Crippen LogP) is 4.66. The maximum atomic E-state index is 13.3. The summed E-state index contributed by atoms with van der Waals surface area (Å²) in [5.74, 6) is -0.232. The van der Waals surface area contributed by atoms with Gasteiger partial charge in [-0.1, -0.05) is 42.5 Å². The van der Waals surface area contributed by atoms with E-state index in [-0.39, 0.29) is 30.6 Å². The minimum atomic E-state index is -0.779. The molecule has 0 saturated carbocycles. The van der Waals surface area contributed by atoms with Crippen LogP contribution in [0.1, 0.15) is 35.2 Å². The fraction of sp³-hybridized carbons (Fsp3) is 0.267. The molecule has 5 rings (SSSR count). The topological polar surface area (TPSA) is 85.3 Å². The summed E-state index contributed by atoms with van der Waals surface area (Å²) in [4.78, 5) is 27.8. The molecule has 7 heteroatoms. The number of aliphatic hydroxyl groups is 1. The molecule has 190 valence electrons. The molecule has 0 unspecified atom stereocenters. The number of rotatable bonds is 8. The van der Waals surface area contributed by atoms with Gasteiger partial charge in [0.25, 0.3) is 11.7 Å². The number of aliphatic hydroxyl groups excluding tert-OH is 1. The first kappa shape index (κ1) is 24.6. The van der Waals surface area contributed by atoms with Crippen LogP contribution in [0.3, 0.4) is 0 Å². The molecule has 3 aromatic carbocycles. The monoisotopic (exact) mass is 499 g/mol. The molecule has 0 radical (unpaired) electrons. The lowest BCUT2D eigenvalue weighted by atomic mass is 9.94. The zero-order chi connectivity index (χ0) is 25.9. The van der Waals surface area contributed by atoms with E-state index >= 15 is 0 Å². The van der Waals surface area contributed by atoms with Crippen molar-refractivity contribution in [2.24, 2.45) is 0 Å². The molecule has 3 aromatic rings. The van der Waals surface area contributed by atoms with Gasteiger partial charge in [-0.05, 0) is 53.9 Å². The molecule has 1 N–H and O–H groups in total. The lowest BCUT2D eigenvalue weighted by Gasteiger charge is -2.25. The molecule has 0 bridgehead atoms. The van der Waals surface area contributed by atoms with Crippen LogP contribution in [-0.2, 0) is 27.4 Å². The van der Waals surface area contributed by atoms with Gasteiger partial charge in [0, 0.05) is 25.6 Å². The van der Waals surface area contributed by atoms with Crippen molar-refractivity contribution in [3.8, 4) is 11.5 Å². The lowest BCUT2D eigenvalue weighted by molar-refractivity contribution is -0.140. The van der Waals surface area contributed by atoms with Gasteiger partial charge >= 0.3 is 0 Å². The van der Waals surface area contributed by atoms with Crippen molar-refractivity contribution < 1.29 is 28.9 Å². The van der Waals surface area contributed by atoms with Crippen molar-refractivity contribution in [2.75, 3.05) is 20.3 Å². The Bertz CT molecular complexity index is 1350. The van der Waals surface area contributed by atoms with E-state index in [2.05, 4.69) is 0 Å². The highest BCUT2D eigenvalue weighted by atomic mass is 16.5. The van der Waals surface area contributed by atoms with Crippen molar-refractivity contribution in [1.82, 2.24) is 4.90 Å². The number of nitrogens with zero attached hydrogens (tertiary/aromatic N) is 1. The summed E-state index contributed by atoms with van der Waals surface area (Å²) < 4.78 is 17.0. The van der Waals surface area contributed by atoms with Crippen LogP contribution in [0, 0.1) is 0 Å². The Morgan fingerprint density at radius 2 is 1.86 bits per heavy atom. The average Bonchev–Trinajstić information content (AvgIpc) is 3.41. The number of ether oxygens (including phenoxy) is 3. The minimum Gasteiger partial charge on any atom is -0.507 e. The second kappa shape index (κ2) is 10.5. The summed E-state index contributed by atoms with van der Waals surface area (Å²) in [7, 11) is 1.54. The molecule has 1 saturated heterocycles.